The number of anilines is 1. The Balaban J connectivity index is 0.000000147. The van der Waals surface area contributed by atoms with Crippen LogP contribution in [0.25, 0.3) is 10.2 Å². The maximum atomic E-state index is 10.3. The maximum absolute atomic E-state index is 10.3. The largest absolute Gasteiger partial charge is 0.478 e. The summed E-state index contributed by atoms with van der Waals surface area (Å²) >= 11 is 1.74. The van der Waals surface area contributed by atoms with E-state index >= 15 is 0 Å². The molecule has 20 heavy (non-hydrogen) atoms. The minimum absolute atomic E-state index is 0.155. The van der Waals surface area contributed by atoms with Crippen LogP contribution in [0.15, 0.2) is 48.5 Å². The van der Waals surface area contributed by atoms with Crippen LogP contribution in [0.4, 0.5) is 5.69 Å². The summed E-state index contributed by atoms with van der Waals surface area (Å²) in [5.74, 6) is -0.988. The third-order valence-electron chi connectivity index (χ3n) is 2.59. The number of thiazole rings is 1. The zero-order chi connectivity index (χ0) is 14.5. The fourth-order valence-electron chi connectivity index (χ4n) is 1.68. The molecule has 3 rings (SSSR count). The van der Waals surface area contributed by atoms with Crippen LogP contribution in [0, 0.1) is 6.92 Å². The Hall–Kier alpha value is -2.40. The van der Waals surface area contributed by atoms with Crippen LogP contribution in [-0.4, -0.2) is 16.1 Å². The molecule has 0 unspecified atom stereocenters. The molecule has 0 saturated heterocycles. The van der Waals surface area contributed by atoms with Gasteiger partial charge in [-0.2, -0.15) is 0 Å². The van der Waals surface area contributed by atoms with E-state index in [1.807, 2.05) is 25.1 Å². The summed E-state index contributed by atoms with van der Waals surface area (Å²) in [5.41, 5.74) is 6.91. The SMILES string of the molecule is Cc1nc2ccccc2s1.Nc1ccccc1C(=O)O. The van der Waals surface area contributed by atoms with Crippen LogP contribution in [-0.2, 0) is 0 Å². The van der Waals surface area contributed by atoms with Crippen molar-refractivity contribution in [1.29, 1.82) is 0 Å². The number of nitrogens with two attached hydrogens (primary N) is 1. The Labute approximate surface area is 120 Å². The standard InChI is InChI=1S/C8H7NS.C7H7NO2/c1-6-9-7-4-2-3-5-8(7)10-6;8-6-4-2-1-3-5(6)7(9)10/h2-5H,1H3;1-4H,8H2,(H,9,10). The first-order valence-electron chi connectivity index (χ1n) is 5.98. The zero-order valence-corrected chi connectivity index (χ0v) is 11.7. The minimum Gasteiger partial charge on any atom is -0.478 e. The first-order chi connectivity index (χ1) is 9.58. The molecule has 0 spiro atoms. The predicted molar refractivity (Wildman–Crippen MR) is 82.2 cm³/mol. The lowest BCUT2D eigenvalue weighted by Gasteiger charge is -1.96. The van der Waals surface area contributed by atoms with Crippen LogP contribution < -0.4 is 5.73 Å². The number of aromatic carboxylic acids is 1. The van der Waals surface area contributed by atoms with E-state index < -0.39 is 5.97 Å². The Morgan fingerprint density at radius 1 is 1.15 bits per heavy atom. The Kier molecular flexibility index (Phi) is 4.32. The molecule has 0 aliphatic rings. The van der Waals surface area contributed by atoms with Gasteiger partial charge in [-0.05, 0) is 31.2 Å². The van der Waals surface area contributed by atoms with Gasteiger partial charge in [-0.3, -0.25) is 0 Å². The molecule has 102 valence electrons. The van der Waals surface area contributed by atoms with Gasteiger partial charge in [0.15, 0.2) is 0 Å². The molecule has 5 heteroatoms. The molecule has 3 aromatic rings. The third kappa shape index (κ3) is 3.33. The highest BCUT2D eigenvalue weighted by atomic mass is 32.1. The molecule has 0 aliphatic carbocycles. The highest BCUT2D eigenvalue weighted by Gasteiger charge is 2.03. The van der Waals surface area contributed by atoms with Crippen LogP contribution in [0.2, 0.25) is 0 Å². The topological polar surface area (TPSA) is 76.2 Å². The van der Waals surface area contributed by atoms with Crippen molar-refractivity contribution < 1.29 is 9.90 Å². The third-order valence-corrected chi connectivity index (χ3v) is 3.54. The average Bonchev–Trinajstić information content (AvgIpc) is 2.79. The number of nitrogens with zero attached hydrogens (tertiary/aromatic N) is 1. The summed E-state index contributed by atoms with van der Waals surface area (Å²) in [5, 5.41) is 9.63. The first-order valence-corrected chi connectivity index (χ1v) is 6.79. The van der Waals surface area contributed by atoms with Gasteiger partial charge in [-0.1, -0.05) is 24.3 Å². The normalized spacial score (nSPS) is 9.85. The number of nitrogen functional groups attached to an aromatic ring is 1. The highest BCUT2D eigenvalue weighted by Crippen LogP contribution is 2.19. The number of aromatic nitrogens is 1. The number of carboxylic acids is 1. The number of aryl methyl sites for hydroxylation is 1. The average molecular weight is 286 g/mol. The van der Waals surface area contributed by atoms with Gasteiger partial charge in [-0.15, -0.1) is 11.3 Å². The fourth-order valence-corrected chi connectivity index (χ4v) is 2.51. The number of benzene rings is 2. The molecule has 0 bridgehead atoms. The quantitative estimate of drug-likeness (QED) is 0.670. The van der Waals surface area contributed by atoms with Crippen LogP contribution in [0.5, 0.6) is 0 Å². The van der Waals surface area contributed by atoms with E-state index in [-0.39, 0.29) is 5.56 Å². The maximum Gasteiger partial charge on any atom is 0.337 e. The molecular weight excluding hydrogens is 272 g/mol. The second-order valence-corrected chi connectivity index (χ2v) is 5.33. The van der Waals surface area contributed by atoms with Crippen molar-refractivity contribution in [3.05, 3.63) is 59.1 Å². The van der Waals surface area contributed by atoms with E-state index in [0.717, 1.165) is 10.5 Å². The summed E-state index contributed by atoms with van der Waals surface area (Å²) in [6.45, 7) is 2.03. The molecule has 3 N–H and O–H groups in total. The van der Waals surface area contributed by atoms with E-state index in [4.69, 9.17) is 10.8 Å². The number of hydrogen-bond donors (Lipinski definition) is 2. The summed E-state index contributed by atoms with van der Waals surface area (Å²) in [6.07, 6.45) is 0. The Morgan fingerprint density at radius 2 is 1.80 bits per heavy atom. The van der Waals surface area contributed by atoms with E-state index in [2.05, 4.69) is 11.1 Å². The second-order valence-electron chi connectivity index (χ2n) is 4.09. The Morgan fingerprint density at radius 3 is 2.40 bits per heavy atom. The zero-order valence-electron chi connectivity index (χ0n) is 10.9. The van der Waals surface area contributed by atoms with Gasteiger partial charge in [0, 0.05) is 5.69 Å². The van der Waals surface area contributed by atoms with Crippen molar-refractivity contribution >= 4 is 33.2 Å². The molecule has 0 saturated carbocycles. The van der Waals surface area contributed by atoms with Crippen molar-refractivity contribution in [1.82, 2.24) is 4.98 Å². The highest BCUT2D eigenvalue weighted by molar-refractivity contribution is 7.18. The van der Waals surface area contributed by atoms with Gasteiger partial charge < -0.3 is 10.8 Å². The summed E-state index contributed by atoms with van der Waals surface area (Å²) in [4.78, 5) is 14.7. The molecule has 1 aromatic heterocycles. The summed E-state index contributed by atoms with van der Waals surface area (Å²) in [6, 6.07) is 14.6. The molecule has 0 fully saturated rings. The van der Waals surface area contributed by atoms with Gasteiger partial charge in [0.25, 0.3) is 0 Å². The number of fused-ring (bicyclic) bond motifs is 1. The number of carboxylic acid groups (broad SMARTS) is 1. The van der Waals surface area contributed by atoms with E-state index in [1.165, 1.54) is 10.8 Å². The van der Waals surface area contributed by atoms with E-state index in [0.29, 0.717) is 5.69 Å². The Bertz CT molecular complexity index is 704. The molecule has 0 atom stereocenters. The van der Waals surface area contributed by atoms with Crippen molar-refractivity contribution in [3.63, 3.8) is 0 Å². The molecule has 2 aromatic carbocycles. The van der Waals surface area contributed by atoms with Crippen molar-refractivity contribution in [3.8, 4) is 0 Å². The summed E-state index contributed by atoms with van der Waals surface area (Å²) in [7, 11) is 0. The molecule has 0 amide bonds. The molecule has 0 aliphatic heterocycles. The number of carbonyl (C=O) groups is 1. The smallest absolute Gasteiger partial charge is 0.337 e. The molecule has 1 heterocycles. The second kappa shape index (κ2) is 6.16. The molecule has 4 nitrogen and oxygen atoms in total. The van der Waals surface area contributed by atoms with E-state index in [1.54, 1.807) is 29.5 Å². The van der Waals surface area contributed by atoms with Gasteiger partial charge in [-0.25, -0.2) is 9.78 Å². The monoisotopic (exact) mass is 286 g/mol. The van der Waals surface area contributed by atoms with Gasteiger partial charge in [0.2, 0.25) is 0 Å². The predicted octanol–water partition coefficient (Wildman–Crippen LogP) is 3.57. The van der Waals surface area contributed by atoms with Crippen molar-refractivity contribution in [2.75, 3.05) is 5.73 Å². The number of hydrogen-bond acceptors (Lipinski definition) is 4. The van der Waals surface area contributed by atoms with Crippen LogP contribution >= 0.6 is 11.3 Å². The minimum atomic E-state index is -0.988. The van der Waals surface area contributed by atoms with Crippen LogP contribution in [0.1, 0.15) is 15.4 Å². The van der Waals surface area contributed by atoms with Gasteiger partial charge >= 0.3 is 5.97 Å². The lowest BCUT2D eigenvalue weighted by atomic mass is 10.2. The first kappa shape index (κ1) is 14.0. The van der Waals surface area contributed by atoms with E-state index in [9.17, 15) is 4.79 Å². The number of para-hydroxylation sites is 2. The summed E-state index contributed by atoms with van der Waals surface area (Å²) < 4.78 is 1.28. The van der Waals surface area contributed by atoms with Crippen molar-refractivity contribution in [2.24, 2.45) is 0 Å². The molecule has 0 radical (unpaired) electrons. The molecular formula is C15H14N2O2S. The van der Waals surface area contributed by atoms with Crippen LogP contribution in [0.3, 0.4) is 0 Å². The van der Waals surface area contributed by atoms with Crippen molar-refractivity contribution in [2.45, 2.75) is 6.92 Å². The van der Waals surface area contributed by atoms with Gasteiger partial charge in [0.05, 0.1) is 20.8 Å². The van der Waals surface area contributed by atoms with Gasteiger partial charge in [0.1, 0.15) is 0 Å². The fraction of sp³-hybridized carbons (Fsp3) is 0.0667. The number of rotatable bonds is 1. The lowest BCUT2D eigenvalue weighted by Crippen LogP contribution is -2.00. The lowest BCUT2D eigenvalue weighted by molar-refractivity contribution is 0.0698.